The summed E-state index contributed by atoms with van der Waals surface area (Å²) in [6.07, 6.45) is 0. The Labute approximate surface area is 180 Å². The standard InChI is InChI=1S/C25H23N3O3/c1-2-30-20-12-10-19(11-13-20)23-14-15-24(28-27-23)31-17-16-26-25(29)22-9-5-7-18-6-3-4-8-21(18)22/h3-15H,2,16-17H2,1H3,(H,26,29). The van der Waals surface area contributed by atoms with Gasteiger partial charge >= 0.3 is 0 Å². The smallest absolute Gasteiger partial charge is 0.252 e. The fourth-order valence-electron chi connectivity index (χ4n) is 3.28. The van der Waals surface area contributed by atoms with E-state index < -0.39 is 0 Å². The predicted molar refractivity (Wildman–Crippen MR) is 120 cm³/mol. The third-order valence-electron chi connectivity index (χ3n) is 4.77. The van der Waals surface area contributed by atoms with Gasteiger partial charge in [-0.25, -0.2) is 0 Å². The van der Waals surface area contributed by atoms with E-state index in [0.29, 0.717) is 31.2 Å². The molecule has 0 radical (unpaired) electrons. The molecule has 1 N–H and O–H groups in total. The van der Waals surface area contributed by atoms with Gasteiger partial charge in [0.05, 0.1) is 18.8 Å². The third kappa shape index (κ3) is 4.98. The van der Waals surface area contributed by atoms with E-state index in [9.17, 15) is 4.79 Å². The lowest BCUT2D eigenvalue weighted by Crippen LogP contribution is -2.28. The van der Waals surface area contributed by atoms with Gasteiger partial charge in [0.2, 0.25) is 5.88 Å². The quantitative estimate of drug-likeness (QED) is 0.431. The molecular weight excluding hydrogens is 390 g/mol. The van der Waals surface area contributed by atoms with Crippen LogP contribution in [0.15, 0.2) is 78.9 Å². The van der Waals surface area contributed by atoms with Crippen molar-refractivity contribution in [2.75, 3.05) is 19.8 Å². The Morgan fingerprint density at radius 2 is 1.68 bits per heavy atom. The largest absolute Gasteiger partial charge is 0.494 e. The molecule has 4 rings (SSSR count). The third-order valence-corrected chi connectivity index (χ3v) is 4.77. The fraction of sp³-hybridized carbons (Fsp3) is 0.160. The number of hydrogen-bond donors (Lipinski definition) is 1. The molecule has 31 heavy (non-hydrogen) atoms. The summed E-state index contributed by atoms with van der Waals surface area (Å²) >= 11 is 0. The van der Waals surface area contributed by atoms with Crippen LogP contribution < -0.4 is 14.8 Å². The highest BCUT2D eigenvalue weighted by Crippen LogP contribution is 2.21. The van der Waals surface area contributed by atoms with Crippen LogP contribution in [0.3, 0.4) is 0 Å². The van der Waals surface area contributed by atoms with E-state index in [1.54, 1.807) is 6.07 Å². The zero-order valence-electron chi connectivity index (χ0n) is 17.2. The molecule has 0 saturated heterocycles. The minimum absolute atomic E-state index is 0.127. The average Bonchev–Trinajstić information content (AvgIpc) is 2.82. The molecular formula is C25H23N3O3. The number of rotatable bonds is 8. The maximum Gasteiger partial charge on any atom is 0.252 e. The van der Waals surface area contributed by atoms with E-state index in [0.717, 1.165) is 27.8 Å². The number of amides is 1. The van der Waals surface area contributed by atoms with E-state index in [-0.39, 0.29) is 5.91 Å². The van der Waals surface area contributed by atoms with Crippen molar-refractivity contribution in [3.63, 3.8) is 0 Å². The minimum Gasteiger partial charge on any atom is -0.494 e. The monoisotopic (exact) mass is 413 g/mol. The van der Waals surface area contributed by atoms with Crippen LogP contribution in [-0.4, -0.2) is 35.9 Å². The van der Waals surface area contributed by atoms with Crippen molar-refractivity contribution in [3.8, 4) is 22.9 Å². The molecule has 1 amide bonds. The fourth-order valence-corrected chi connectivity index (χ4v) is 3.28. The zero-order valence-corrected chi connectivity index (χ0v) is 17.2. The van der Waals surface area contributed by atoms with Crippen LogP contribution in [0.5, 0.6) is 11.6 Å². The lowest BCUT2D eigenvalue weighted by molar-refractivity contribution is 0.0948. The highest BCUT2D eigenvalue weighted by atomic mass is 16.5. The molecule has 0 aliphatic carbocycles. The summed E-state index contributed by atoms with van der Waals surface area (Å²) in [5.74, 6) is 1.11. The van der Waals surface area contributed by atoms with Crippen molar-refractivity contribution >= 4 is 16.7 Å². The van der Waals surface area contributed by atoms with E-state index in [2.05, 4.69) is 15.5 Å². The lowest BCUT2D eigenvalue weighted by Gasteiger charge is -2.09. The van der Waals surface area contributed by atoms with Crippen molar-refractivity contribution in [3.05, 3.63) is 84.4 Å². The molecule has 6 nitrogen and oxygen atoms in total. The molecule has 156 valence electrons. The van der Waals surface area contributed by atoms with Gasteiger partial charge < -0.3 is 14.8 Å². The summed E-state index contributed by atoms with van der Waals surface area (Å²) in [7, 11) is 0. The number of hydrogen-bond acceptors (Lipinski definition) is 5. The lowest BCUT2D eigenvalue weighted by atomic mass is 10.0. The van der Waals surface area contributed by atoms with Crippen LogP contribution in [-0.2, 0) is 0 Å². The topological polar surface area (TPSA) is 73.3 Å². The predicted octanol–water partition coefficient (Wildman–Crippen LogP) is 4.50. The Morgan fingerprint density at radius 3 is 2.45 bits per heavy atom. The molecule has 0 bridgehead atoms. The van der Waals surface area contributed by atoms with Crippen LogP contribution in [0, 0.1) is 0 Å². The summed E-state index contributed by atoms with van der Waals surface area (Å²) in [5, 5.41) is 13.2. The number of aromatic nitrogens is 2. The molecule has 1 heterocycles. The second-order valence-electron chi connectivity index (χ2n) is 6.85. The zero-order chi connectivity index (χ0) is 21.5. The van der Waals surface area contributed by atoms with Gasteiger partial charge in [0, 0.05) is 17.2 Å². The number of nitrogens with zero attached hydrogens (tertiary/aromatic N) is 2. The first-order valence-corrected chi connectivity index (χ1v) is 10.2. The van der Waals surface area contributed by atoms with Gasteiger partial charge in [-0.1, -0.05) is 36.4 Å². The first-order valence-electron chi connectivity index (χ1n) is 10.2. The van der Waals surface area contributed by atoms with Crippen LogP contribution >= 0.6 is 0 Å². The number of carbonyl (C=O) groups excluding carboxylic acids is 1. The van der Waals surface area contributed by atoms with E-state index in [1.807, 2.05) is 79.7 Å². The molecule has 0 saturated carbocycles. The average molecular weight is 413 g/mol. The van der Waals surface area contributed by atoms with Crippen molar-refractivity contribution in [2.45, 2.75) is 6.92 Å². The number of ether oxygens (including phenoxy) is 2. The van der Waals surface area contributed by atoms with E-state index in [4.69, 9.17) is 9.47 Å². The molecule has 0 aliphatic rings. The van der Waals surface area contributed by atoms with Gasteiger partial charge in [-0.3, -0.25) is 4.79 Å². The summed E-state index contributed by atoms with van der Waals surface area (Å²) < 4.78 is 11.1. The Bertz CT molecular complexity index is 1150. The second kappa shape index (κ2) is 9.71. The van der Waals surface area contributed by atoms with Gasteiger partial charge in [0.1, 0.15) is 12.4 Å². The highest BCUT2D eigenvalue weighted by Gasteiger charge is 2.09. The summed E-state index contributed by atoms with van der Waals surface area (Å²) in [4.78, 5) is 12.5. The highest BCUT2D eigenvalue weighted by molar-refractivity contribution is 6.06. The van der Waals surface area contributed by atoms with E-state index in [1.165, 1.54) is 0 Å². The Morgan fingerprint density at radius 1 is 0.871 bits per heavy atom. The first kappa shape index (κ1) is 20.3. The Hall–Kier alpha value is -3.93. The first-order chi connectivity index (χ1) is 15.2. The van der Waals surface area contributed by atoms with Crippen LogP contribution in [0.25, 0.3) is 22.0 Å². The number of nitrogens with one attached hydrogen (secondary N) is 1. The van der Waals surface area contributed by atoms with Crippen molar-refractivity contribution < 1.29 is 14.3 Å². The number of benzene rings is 3. The molecule has 4 aromatic rings. The van der Waals surface area contributed by atoms with Gasteiger partial charge in [-0.2, -0.15) is 0 Å². The molecule has 0 spiro atoms. The van der Waals surface area contributed by atoms with Gasteiger partial charge in [-0.05, 0) is 54.1 Å². The molecule has 1 aromatic heterocycles. The maximum absolute atomic E-state index is 12.5. The molecule has 0 unspecified atom stereocenters. The summed E-state index contributed by atoms with van der Waals surface area (Å²) in [6.45, 7) is 3.25. The SMILES string of the molecule is CCOc1ccc(-c2ccc(OCCNC(=O)c3cccc4ccccc34)nn2)cc1. The number of fused-ring (bicyclic) bond motifs is 1. The Balaban J connectivity index is 1.29. The maximum atomic E-state index is 12.5. The van der Waals surface area contributed by atoms with Crippen LogP contribution in [0.2, 0.25) is 0 Å². The normalized spacial score (nSPS) is 10.6. The van der Waals surface area contributed by atoms with Crippen molar-refractivity contribution in [2.24, 2.45) is 0 Å². The summed E-state index contributed by atoms with van der Waals surface area (Å²) in [5.41, 5.74) is 2.35. The molecule has 0 atom stereocenters. The van der Waals surface area contributed by atoms with Crippen LogP contribution in [0.4, 0.5) is 0 Å². The Kier molecular flexibility index (Phi) is 6.38. The number of carbonyl (C=O) groups is 1. The van der Waals surface area contributed by atoms with Crippen LogP contribution in [0.1, 0.15) is 17.3 Å². The summed E-state index contributed by atoms with van der Waals surface area (Å²) in [6, 6.07) is 24.8. The minimum atomic E-state index is -0.127. The molecule has 3 aromatic carbocycles. The van der Waals surface area contributed by atoms with Gasteiger partial charge in [-0.15, -0.1) is 10.2 Å². The molecule has 6 heteroatoms. The second-order valence-corrected chi connectivity index (χ2v) is 6.85. The van der Waals surface area contributed by atoms with Gasteiger partial charge in [0.25, 0.3) is 5.91 Å². The molecule has 0 aliphatic heterocycles. The van der Waals surface area contributed by atoms with Crippen molar-refractivity contribution in [1.82, 2.24) is 15.5 Å². The van der Waals surface area contributed by atoms with Gasteiger partial charge in [0.15, 0.2) is 0 Å². The molecule has 0 fully saturated rings. The van der Waals surface area contributed by atoms with E-state index >= 15 is 0 Å². The van der Waals surface area contributed by atoms with Crippen molar-refractivity contribution in [1.29, 1.82) is 0 Å².